The van der Waals surface area contributed by atoms with Crippen molar-refractivity contribution in [2.45, 2.75) is 141 Å². The number of aromatic hydroxyl groups is 1. The highest BCUT2D eigenvalue weighted by Crippen LogP contribution is 2.21. The number of aliphatic hydroxyl groups excluding tert-OH is 1. The Morgan fingerprint density at radius 3 is 1.30 bits per heavy atom. The Labute approximate surface area is 518 Å². The van der Waals surface area contributed by atoms with Crippen LogP contribution < -0.4 is 48.3 Å². The number of benzene rings is 5. The van der Waals surface area contributed by atoms with Gasteiger partial charge in [-0.05, 0) is 76.6 Å². The lowest BCUT2D eigenvalue weighted by Crippen LogP contribution is -2.62. The molecule has 10 atom stereocenters. The minimum Gasteiger partial charge on any atom is -0.508 e. The number of nitrogens with one attached hydrogen (secondary N) is 9. The van der Waals surface area contributed by atoms with E-state index in [1.165, 1.54) is 24.3 Å². The summed E-state index contributed by atoms with van der Waals surface area (Å²) in [4.78, 5) is 131. The minimum atomic E-state index is -1.64. The first-order chi connectivity index (χ1) is 42.5. The quantitative estimate of drug-likeness (QED) is 0.0281. The van der Waals surface area contributed by atoms with Gasteiger partial charge in [0.15, 0.2) is 0 Å². The zero-order chi connectivity index (χ0) is 64.7. The Bertz CT molecular complexity index is 3330. The molecule has 0 spiro atoms. The fraction of sp³-hybridized carbons (Fsp3) is 0.388. The monoisotopic (exact) mass is 1220 g/mol. The Hall–Kier alpha value is -9.41. The van der Waals surface area contributed by atoms with Crippen LogP contribution in [-0.4, -0.2) is 135 Å². The number of para-hydroxylation sites is 1. The zero-order valence-corrected chi connectivity index (χ0v) is 51.0. The maximum Gasteiger partial charge on any atom is 0.326 e. The van der Waals surface area contributed by atoms with Gasteiger partial charge in [-0.2, -0.15) is 0 Å². The number of rotatable bonds is 33. The molecule has 1 heterocycles. The van der Waals surface area contributed by atoms with Crippen LogP contribution in [-0.2, 0) is 75.3 Å². The van der Waals surface area contributed by atoms with E-state index in [0.717, 1.165) is 16.5 Å². The van der Waals surface area contributed by atoms with Gasteiger partial charge in [-0.3, -0.25) is 38.4 Å². The first-order valence-corrected chi connectivity index (χ1v) is 30.0. The molecule has 0 saturated heterocycles. The molecule has 0 aliphatic heterocycles. The first-order valence-electron chi connectivity index (χ1n) is 30.0. The summed E-state index contributed by atoms with van der Waals surface area (Å²) in [6.07, 6.45) is 1.81. The highest BCUT2D eigenvalue weighted by atomic mass is 16.4. The molecule has 6 aromatic rings. The Morgan fingerprint density at radius 1 is 0.449 bits per heavy atom. The Morgan fingerprint density at radius 2 is 0.843 bits per heavy atom. The lowest BCUT2D eigenvalue weighted by Gasteiger charge is -2.29. The number of phenolic OH excluding ortho intramolecular Hbond substituents is 1. The number of aliphatic carboxylic acids is 1. The fourth-order valence-corrected chi connectivity index (χ4v) is 10.1. The number of carbonyl (C=O) groups is 9. The van der Waals surface area contributed by atoms with Gasteiger partial charge in [0.05, 0.1) is 12.6 Å². The normalized spacial score (nSPS) is 14.7. The summed E-state index contributed by atoms with van der Waals surface area (Å²) >= 11 is 0. The van der Waals surface area contributed by atoms with Crippen molar-refractivity contribution >= 4 is 64.1 Å². The molecule has 89 heavy (non-hydrogen) atoms. The van der Waals surface area contributed by atoms with Gasteiger partial charge >= 0.3 is 5.97 Å². The minimum absolute atomic E-state index is 0.0820. The lowest BCUT2D eigenvalue weighted by molar-refractivity contribution is -0.144. The van der Waals surface area contributed by atoms with Crippen molar-refractivity contribution < 1.29 is 58.5 Å². The number of aromatic amines is 1. The largest absolute Gasteiger partial charge is 0.508 e. The van der Waals surface area contributed by atoms with Gasteiger partial charge < -0.3 is 68.6 Å². The summed E-state index contributed by atoms with van der Waals surface area (Å²) in [5.41, 5.74) is 10.1. The van der Waals surface area contributed by atoms with Crippen LogP contribution in [0.25, 0.3) is 10.9 Å². The van der Waals surface area contributed by atoms with Crippen LogP contribution >= 0.6 is 0 Å². The lowest BCUT2D eigenvalue weighted by atomic mass is 9.95. The molecule has 5 aromatic carbocycles. The van der Waals surface area contributed by atoms with Crippen LogP contribution in [0.1, 0.15) is 82.2 Å². The first kappa shape index (κ1) is 68.7. The van der Waals surface area contributed by atoms with Gasteiger partial charge in [-0.25, -0.2) is 4.79 Å². The molecular formula is C67H84N10O12. The maximum absolute atomic E-state index is 15.1. The molecule has 474 valence electrons. The average Bonchev–Trinajstić information content (AvgIpc) is 2.40. The van der Waals surface area contributed by atoms with Crippen molar-refractivity contribution in [2.75, 3.05) is 6.61 Å². The van der Waals surface area contributed by atoms with E-state index < -0.39 is 126 Å². The summed E-state index contributed by atoms with van der Waals surface area (Å²) in [5.74, 6) is -8.95. The van der Waals surface area contributed by atoms with Gasteiger partial charge in [0.1, 0.15) is 54.1 Å². The molecule has 0 radical (unpaired) electrons. The number of aliphatic hydroxyl groups is 1. The predicted molar refractivity (Wildman–Crippen MR) is 336 cm³/mol. The Kier molecular flexibility index (Phi) is 26.0. The number of amides is 8. The van der Waals surface area contributed by atoms with E-state index >= 15 is 9.59 Å². The molecule has 0 bridgehead atoms. The van der Waals surface area contributed by atoms with Crippen LogP contribution in [0.2, 0.25) is 0 Å². The summed E-state index contributed by atoms with van der Waals surface area (Å²) in [7, 11) is 0. The summed E-state index contributed by atoms with van der Waals surface area (Å²) in [6, 6.07) is 27.4. The van der Waals surface area contributed by atoms with E-state index in [-0.39, 0.29) is 50.2 Å². The number of H-pyrrole nitrogens is 1. The van der Waals surface area contributed by atoms with Gasteiger partial charge in [-0.15, -0.1) is 0 Å². The topological polar surface area (TPSA) is 352 Å². The molecule has 0 fully saturated rings. The number of fused-ring (bicyclic) bond motifs is 1. The number of aromatic nitrogens is 1. The molecule has 0 aliphatic rings. The highest BCUT2D eigenvalue weighted by Gasteiger charge is 2.37. The third-order valence-electron chi connectivity index (χ3n) is 15.4. The second-order valence-corrected chi connectivity index (χ2v) is 23.2. The number of phenols is 1. The average molecular weight is 1220 g/mol. The molecular weight excluding hydrogens is 1140 g/mol. The number of nitrogens with two attached hydrogens (primary N) is 1. The van der Waals surface area contributed by atoms with Crippen LogP contribution in [0.4, 0.5) is 0 Å². The second-order valence-electron chi connectivity index (χ2n) is 23.2. The van der Waals surface area contributed by atoms with E-state index in [1.807, 2.05) is 75.4 Å². The van der Waals surface area contributed by atoms with Crippen LogP contribution in [0.5, 0.6) is 5.75 Å². The highest BCUT2D eigenvalue weighted by molar-refractivity contribution is 5.99. The van der Waals surface area contributed by atoms with Crippen LogP contribution in [0.15, 0.2) is 146 Å². The van der Waals surface area contributed by atoms with Crippen LogP contribution in [0, 0.1) is 17.8 Å². The molecule has 1 aromatic heterocycles. The third kappa shape index (κ3) is 20.9. The van der Waals surface area contributed by atoms with E-state index in [2.05, 4.69) is 47.5 Å². The fourth-order valence-electron chi connectivity index (χ4n) is 10.1. The van der Waals surface area contributed by atoms with Gasteiger partial charge in [-0.1, -0.05) is 169 Å². The number of hydrogen-bond acceptors (Lipinski definition) is 12. The van der Waals surface area contributed by atoms with Gasteiger partial charge in [0, 0.05) is 42.8 Å². The number of carbonyl (C=O) groups excluding carboxylic acids is 8. The van der Waals surface area contributed by atoms with Crippen molar-refractivity contribution in [3.63, 3.8) is 0 Å². The predicted octanol–water partition coefficient (Wildman–Crippen LogP) is 3.42. The van der Waals surface area contributed by atoms with Crippen LogP contribution in [0.3, 0.4) is 0 Å². The standard InChI is InChI=1S/C67H84N10O12/c1-7-41(6)58(66(87)76-57(40(4)5)67(88)89)77-64(85)55(36-46-37-69-50-26-18-17-25-48(46)50)74-63(84)52(33-43-21-13-9-14-22-43)71-62(83)54(35-45-27-29-47(79)30-28-45)72-61(82)53(34-44-23-15-10-16-24-44)73-65(86)56(38-78)75-60(81)51(31-39(2)3)70-59(80)49(68)32-42-19-11-8-12-20-42/h8-30,37,39-41,49,51-58,69,78-79H,7,31-36,38,68H2,1-6H3,(H,70,80)(H,71,83)(H,72,82)(H,73,86)(H,74,84)(H,75,81)(H,76,87)(H,77,85)(H,88,89)/t41-,49-,51-,52-,53-,54-,55-,56-,57-,58-/m0/s1. The van der Waals surface area contributed by atoms with E-state index in [9.17, 15) is 48.9 Å². The van der Waals surface area contributed by atoms with Crippen molar-refractivity contribution in [2.24, 2.45) is 23.5 Å². The van der Waals surface area contributed by atoms with Crippen molar-refractivity contribution in [1.29, 1.82) is 0 Å². The smallest absolute Gasteiger partial charge is 0.326 e. The number of carboxylic acids is 1. The molecule has 14 N–H and O–H groups in total. The third-order valence-corrected chi connectivity index (χ3v) is 15.4. The van der Waals surface area contributed by atoms with Gasteiger partial charge in [0.2, 0.25) is 47.3 Å². The zero-order valence-electron chi connectivity index (χ0n) is 51.0. The molecule has 22 nitrogen and oxygen atoms in total. The maximum atomic E-state index is 15.1. The van der Waals surface area contributed by atoms with E-state index in [4.69, 9.17) is 5.73 Å². The van der Waals surface area contributed by atoms with Crippen molar-refractivity contribution in [3.05, 3.63) is 174 Å². The van der Waals surface area contributed by atoms with Gasteiger partial charge in [0.25, 0.3) is 0 Å². The molecule has 0 unspecified atom stereocenters. The molecule has 8 amide bonds. The summed E-state index contributed by atoms with van der Waals surface area (Å²) in [6.45, 7) is 9.56. The molecule has 22 heteroatoms. The summed E-state index contributed by atoms with van der Waals surface area (Å²) < 4.78 is 0. The Balaban J connectivity index is 1.29. The molecule has 0 saturated carbocycles. The molecule has 0 aliphatic carbocycles. The van der Waals surface area contributed by atoms with E-state index in [1.54, 1.807) is 87.6 Å². The van der Waals surface area contributed by atoms with E-state index in [0.29, 0.717) is 28.7 Å². The van der Waals surface area contributed by atoms with Crippen molar-refractivity contribution in [3.8, 4) is 5.75 Å². The SMILES string of the molecule is CC[C@H](C)[C@H](NC(=O)[C@H](Cc1c[nH]c2ccccc12)NC(=O)[C@H](Cc1ccccc1)NC(=O)[C@H](Cc1ccc(O)cc1)NC(=O)[C@H](Cc1ccccc1)NC(=O)[C@H](CO)NC(=O)[C@H](CC(C)C)NC(=O)[C@@H](N)Cc1ccccc1)C(=O)N[C@H](C(=O)O)C(C)C. The number of carboxylic acid groups (broad SMARTS) is 1. The van der Waals surface area contributed by atoms with Crippen molar-refractivity contribution in [1.82, 2.24) is 47.5 Å². The second kappa shape index (κ2) is 33.6. The molecule has 6 rings (SSSR count). The summed E-state index contributed by atoms with van der Waals surface area (Å²) in [5, 5.41) is 53.2. The number of hydrogen-bond donors (Lipinski definition) is 13.